The molecular formula is C14H18N4O. The van der Waals surface area contributed by atoms with E-state index in [1.54, 1.807) is 0 Å². The zero-order valence-electron chi connectivity index (χ0n) is 11.3. The van der Waals surface area contributed by atoms with E-state index in [2.05, 4.69) is 26.8 Å². The largest absolute Gasteiger partial charge is 0.352 e. The molecule has 19 heavy (non-hydrogen) atoms. The van der Waals surface area contributed by atoms with Crippen LogP contribution in [0.5, 0.6) is 0 Å². The first-order chi connectivity index (χ1) is 9.19. The summed E-state index contributed by atoms with van der Waals surface area (Å²) in [6.07, 6.45) is 0. The summed E-state index contributed by atoms with van der Waals surface area (Å²) in [5.74, 6) is 1.05. The number of imidazole rings is 1. The van der Waals surface area contributed by atoms with Gasteiger partial charge in [0, 0.05) is 25.2 Å². The summed E-state index contributed by atoms with van der Waals surface area (Å²) in [4.78, 5) is 18.7. The first-order valence-corrected chi connectivity index (χ1v) is 6.65. The van der Waals surface area contributed by atoms with Gasteiger partial charge in [0.1, 0.15) is 5.82 Å². The Morgan fingerprint density at radius 1 is 1.42 bits per heavy atom. The lowest BCUT2D eigenvalue weighted by Gasteiger charge is -2.23. The van der Waals surface area contributed by atoms with Crippen molar-refractivity contribution in [3.05, 3.63) is 29.6 Å². The standard InChI is InChI=1S/C14H18N4O/c1-3-15-14(19)10-4-5-12-11(8-10)16-13-9-17(2)6-7-18(12)13/h4-5,8H,3,6-7,9H2,1-2H3,(H,15,19). The van der Waals surface area contributed by atoms with Gasteiger partial charge >= 0.3 is 0 Å². The number of carbonyl (C=O) groups excluding carboxylic acids is 1. The first-order valence-electron chi connectivity index (χ1n) is 6.65. The van der Waals surface area contributed by atoms with Crippen molar-refractivity contribution in [2.24, 2.45) is 0 Å². The fourth-order valence-electron chi connectivity index (χ4n) is 2.54. The van der Waals surface area contributed by atoms with E-state index in [0.29, 0.717) is 12.1 Å². The average Bonchev–Trinajstić information content (AvgIpc) is 2.75. The summed E-state index contributed by atoms with van der Waals surface area (Å²) < 4.78 is 2.25. The van der Waals surface area contributed by atoms with E-state index in [1.807, 2.05) is 25.1 Å². The van der Waals surface area contributed by atoms with Crippen molar-refractivity contribution in [2.45, 2.75) is 20.0 Å². The number of fused-ring (bicyclic) bond motifs is 3. The zero-order valence-corrected chi connectivity index (χ0v) is 11.3. The van der Waals surface area contributed by atoms with Crippen molar-refractivity contribution >= 4 is 16.9 Å². The van der Waals surface area contributed by atoms with E-state index in [9.17, 15) is 4.79 Å². The Morgan fingerprint density at radius 2 is 2.26 bits per heavy atom. The van der Waals surface area contributed by atoms with E-state index in [4.69, 9.17) is 0 Å². The minimum atomic E-state index is -0.0347. The van der Waals surface area contributed by atoms with Crippen molar-refractivity contribution in [1.29, 1.82) is 0 Å². The summed E-state index contributed by atoms with van der Waals surface area (Å²) in [5, 5.41) is 2.81. The molecule has 100 valence electrons. The van der Waals surface area contributed by atoms with Gasteiger partial charge in [0.15, 0.2) is 0 Å². The summed E-state index contributed by atoms with van der Waals surface area (Å²) in [6.45, 7) is 5.42. The van der Waals surface area contributed by atoms with Crippen LogP contribution in [0, 0.1) is 0 Å². The molecule has 1 aromatic heterocycles. The predicted octanol–water partition coefficient (Wildman–Crippen LogP) is 1.23. The predicted molar refractivity (Wildman–Crippen MR) is 74.1 cm³/mol. The van der Waals surface area contributed by atoms with Crippen molar-refractivity contribution in [1.82, 2.24) is 19.8 Å². The van der Waals surface area contributed by atoms with Crippen LogP contribution in [-0.4, -0.2) is 40.5 Å². The van der Waals surface area contributed by atoms with Crippen LogP contribution in [-0.2, 0) is 13.1 Å². The molecule has 1 aliphatic heterocycles. The number of likely N-dealkylation sites (N-methyl/N-ethyl adjacent to an activating group) is 1. The Balaban J connectivity index is 2.03. The molecule has 5 nitrogen and oxygen atoms in total. The van der Waals surface area contributed by atoms with Crippen molar-refractivity contribution in [3.8, 4) is 0 Å². The molecule has 1 aromatic carbocycles. The molecule has 5 heteroatoms. The molecule has 0 fully saturated rings. The van der Waals surface area contributed by atoms with Crippen LogP contribution in [0.2, 0.25) is 0 Å². The molecule has 2 heterocycles. The Labute approximate surface area is 112 Å². The molecule has 0 saturated carbocycles. The van der Waals surface area contributed by atoms with Crippen molar-refractivity contribution in [2.75, 3.05) is 20.1 Å². The number of rotatable bonds is 2. The SMILES string of the molecule is CCNC(=O)c1ccc2c(c1)nc1n2CCN(C)C1. The summed E-state index contributed by atoms with van der Waals surface area (Å²) in [5.41, 5.74) is 2.71. The highest BCUT2D eigenvalue weighted by atomic mass is 16.1. The van der Waals surface area contributed by atoms with E-state index in [0.717, 1.165) is 36.5 Å². The summed E-state index contributed by atoms with van der Waals surface area (Å²) >= 11 is 0. The summed E-state index contributed by atoms with van der Waals surface area (Å²) in [6, 6.07) is 5.76. The second-order valence-electron chi connectivity index (χ2n) is 4.98. The van der Waals surface area contributed by atoms with Crippen LogP contribution in [0.1, 0.15) is 23.1 Å². The molecule has 0 bridgehead atoms. The molecule has 3 rings (SSSR count). The van der Waals surface area contributed by atoms with Crippen LogP contribution < -0.4 is 5.32 Å². The fraction of sp³-hybridized carbons (Fsp3) is 0.429. The highest BCUT2D eigenvalue weighted by Gasteiger charge is 2.18. The molecule has 1 amide bonds. The minimum absolute atomic E-state index is 0.0347. The maximum Gasteiger partial charge on any atom is 0.251 e. The van der Waals surface area contributed by atoms with Gasteiger partial charge < -0.3 is 9.88 Å². The second-order valence-corrected chi connectivity index (χ2v) is 4.98. The molecule has 0 spiro atoms. The van der Waals surface area contributed by atoms with Crippen LogP contribution >= 0.6 is 0 Å². The third-order valence-electron chi connectivity index (χ3n) is 3.54. The van der Waals surface area contributed by atoms with Crippen LogP contribution in [0.4, 0.5) is 0 Å². The van der Waals surface area contributed by atoms with E-state index < -0.39 is 0 Å². The van der Waals surface area contributed by atoms with Gasteiger partial charge in [-0.25, -0.2) is 4.98 Å². The lowest BCUT2D eigenvalue weighted by atomic mass is 10.2. The molecule has 2 aromatic rings. The second kappa shape index (κ2) is 4.66. The quantitative estimate of drug-likeness (QED) is 0.881. The van der Waals surface area contributed by atoms with Crippen molar-refractivity contribution < 1.29 is 4.79 Å². The fourth-order valence-corrected chi connectivity index (χ4v) is 2.54. The topological polar surface area (TPSA) is 50.2 Å². The van der Waals surface area contributed by atoms with Gasteiger partial charge in [0.05, 0.1) is 17.6 Å². The lowest BCUT2D eigenvalue weighted by Crippen LogP contribution is -2.30. The maximum absolute atomic E-state index is 11.8. The van der Waals surface area contributed by atoms with Crippen molar-refractivity contribution in [3.63, 3.8) is 0 Å². The minimum Gasteiger partial charge on any atom is -0.352 e. The number of benzene rings is 1. The van der Waals surface area contributed by atoms with E-state index in [-0.39, 0.29) is 5.91 Å². The maximum atomic E-state index is 11.8. The zero-order chi connectivity index (χ0) is 13.4. The van der Waals surface area contributed by atoms with Crippen LogP contribution in [0.25, 0.3) is 11.0 Å². The van der Waals surface area contributed by atoms with Crippen LogP contribution in [0.15, 0.2) is 18.2 Å². The molecule has 0 unspecified atom stereocenters. The van der Waals surface area contributed by atoms with Gasteiger partial charge in [-0.1, -0.05) is 0 Å². The molecule has 0 radical (unpaired) electrons. The monoisotopic (exact) mass is 258 g/mol. The van der Waals surface area contributed by atoms with E-state index in [1.165, 1.54) is 0 Å². The Bertz CT molecular complexity index is 632. The number of amides is 1. The van der Waals surface area contributed by atoms with Gasteiger partial charge in [-0.05, 0) is 32.2 Å². The highest BCUT2D eigenvalue weighted by molar-refractivity contribution is 5.97. The Morgan fingerprint density at radius 3 is 3.05 bits per heavy atom. The van der Waals surface area contributed by atoms with Gasteiger partial charge in [-0.15, -0.1) is 0 Å². The van der Waals surface area contributed by atoms with Gasteiger partial charge in [0.2, 0.25) is 0 Å². The molecule has 0 atom stereocenters. The number of hydrogen-bond donors (Lipinski definition) is 1. The summed E-state index contributed by atoms with van der Waals surface area (Å²) in [7, 11) is 2.10. The Hall–Kier alpha value is -1.88. The lowest BCUT2D eigenvalue weighted by molar-refractivity contribution is 0.0956. The number of carbonyl (C=O) groups is 1. The number of nitrogens with zero attached hydrogens (tertiary/aromatic N) is 3. The normalized spacial score (nSPS) is 15.5. The third-order valence-corrected chi connectivity index (χ3v) is 3.54. The number of hydrogen-bond acceptors (Lipinski definition) is 3. The van der Waals surface area contributed by atoms with Gasteiger partial charge in [-0.3, -0.25) is 9.69 Å². The molecule has 0 aliphatic carbocycles. The Kier molecular flexibility index (Phi) is 2.98. The van der Waals surface area contributed by atoms with Gasteiger partial charge in [0.25, 0.3) is 5.91 Å². The smallest absolute Gasteiger partial charge is 0.251 e. The molecule has 1 N–H and O–H groups in total. The van der Waals surface area contributed by atoms with E-state index >= 15 is 0 Å². The third kappa shape index (κ3) is 2.10. The average molecular weight is 258 g/mol. The van der Waals surface area contributed by atoms with Gasteiger partial charge in [-0.2, -0.15) is 0 Å². The first kappa shape index (κ1) is 12.2. The highest BCUT2D eigenvalue weighted by Crippen LogP contribution is 2.21. The molecular weight excluding hydrogens is 240 g/mol. The number of nitrogens with one attached hydrogen (secondary N) is 1. The van der Waals surface area contributed by atoms with Crippen LogP contribution in [0.3, 0.4) is 0 Å². The molecule has 1 aliphatic rings. The number of aromatic nitrogens is 2. The molecule has 0 saturated heterocycles.